The normalized spacial score (nSPS) is 12.3. The largest absolute Gasteiger partial charge is 0.493 e. The lowest BCUT2D eigenvalue weighted by Crippen LogP contribution is -2.04. The lowest BCUT2D eigenvalue weighted by molar-refractivity contribution is 0.213. The van der Waals surface area contributed by atoms with E-state index in [1.165, 1.54) is 0 Å². The third-order valence-corrected chi connectivity index (χ3v) is 3.52. The first-order valence-corrected chi connectivity index (χ1v) is 7.03. The zero-order chi connectivity index (χ0) is 14.7. The molecular weight excluding hydrogens is 262 g/mol. The van der Waals surface area contributed by atoms with Crippen LogP contribution in [-0.2, 0) is 0 Å². The molecule has 3 aromatic rings. The molecule has 1 N–H and O–H groups in total. The SMILES string of the molecule is CCOc1ccccc1C(O)c1cccc2cnccc12. The fourth-order valence-electron chi connectivity index (χ4n) is 2.55. The van der Waals surface area contributed by atoms with Crippen molar-refractivity contribution in [3.8, 4) is 5.75 Å². The number of aliphatic hydroxyl groups excluding tert-OH is 1. The van der Waals surface area contributed by atoms with E-state index in [4.69, 9.17) is 4.74 Å². The van der Waals surface area contributed by atoms with E-state index in [9.17, 15) is 5.11 Å². The first kappa shape index (κ1) is 13.6. The van der Waals surface area contributed by atoms with Gasteiger partial charge in [-0.1, -0.05) is 36.4 Å². The number of fused-ring (bicyclic) bond motifs is 1. The van der Waals surface area contributed by atoms with Crippen LogP contribution in [0.15, 0.2) is 60.9 Å². The molecule has 0 spiro atoms. The van der Waals surface area contributed by atoms with Crippen molar-refractivity contribution in [2.45, 2.75) is 13.0 Å². The van der Waals surface area contributed by atoms with Gasteiger partial charge in [-0.05, 0) is 30.0 Å². The van der Waals surface area contributed by atoms with Crippen LogP contribution in [0.2, 0.25) is 0 Å². The van der Waals surface area contributed by atoms with Gasteiger partial charge in [-0.25, -0.2) is 0 Å². The van der Waals surface area contributed by atoms with Crippen molar-refractivity contribution >= 4 is 10.8 Å². The van der Waals surface area contributed by atoms with Crippen LogP contribution in [0.25, 0.3) is 10.8 Å². The summed E-state index contributed by atoms with van der Waals surface area (Å²) in [5.74, 6) is 0.721. The minimum Gasteiger partial charge on any atom is -0.493 e. The number of para-hydroxylation sites is 1. The minimum atomic E-state index is -0.723. The fraction of sp³-hybridized carbons (Fsp3) is 0.167. The first-order valence-electron chi connectivity index (χ1n) is 7.03. The van der Waals surface area contributed by atoms with E-state index in [0.29, 0.717) is 6.61 Å². The first-order chi connectivity index (χ1) is 10.3. The summed E-state index contributed by atoms with van der Waals surface area (Å²) in [5, 5.41) is 12.8. The zero-order valence-corrected chi connectivity index (χ0v) is 11.9. The third-order valence-electron chi connectivity index (χ3n) is 3.52. The van der Waals surface area contributed by atoms with E-state index < -0.39 is 6.10 Å². The van der Waals surface area contributed by atoms with E-state index in [-0.39, 0.29) is 0 Å². The highest BCUT2D eigenvalue weighted by Crippen LogP contribution is 2.33. The van der Waals surface area contributed by atoms with E-state index >= 15 is 0 Å². The maximum Gasteiger partial charge on any atom is 0.125 e. The second-order valence-electron chi connectivity index (χ2n) is 4.82. The predicted octanol–water partition coefficient (Wildman–Crippen LogP) is 3.72. The van der Waals surface area contributed by atoms with Gasteiger partial charge in [0.1, 0.15) is 11.9 Å². The van der Waals surface area contributed by atoms with Crippen molar-refractivity contribution in [2.75, 3.05) is 6.61 Å². The minimum absolute atomic E-state index is 0.573. The molecule has 2 aromatic carbocycles. The van der Waals surface area contributed by atoms with Crippen LogP contribution in [0.1, 0.15) is 24.2 Å². The summed E-state index contributed by atoms with van der Waals surface area (Å²) >= 11 is 0. The average molecular weight is 279 g/mol. The topological polar surface area (TPSA) is 42.4 Å². The number of hydrogen-bond acceptors (Lipinski definition) is 3. The highest BCUT2D eigenvalue weighted by atomic mass is 16.5. The molecule has 3 nitrogen and oxygen atoms in total. The van der Waals surface area contributed by atoms with Crippen molar-refractivity contribution in [2.24, 2.45) is 0 Å². The maximum atomic E-state index is 10.8. The molecule has 0 amide bonds. The lowest BCUT2D eigenvalue weighted by atomic mass is 9.96. The van der Waals surface area contributed by atoms with Gasteiger partial charge in [0, 0.05) is 23.3 Å². The summed E-state index contributed by atoms with van der Waals surface area (Å²) in [5.41, 5.74) is 1.64. The van der Waals surface area contributed by atoms with Crippen molar-refractivity contribution < 1.29 is 9.84 Å². The number of hydrogen-bond donors (Lipinski definition) is 1. The van der Waals surface area contributed by atoms with E-state index in [1.807, 2.05) is 55.5 Å². The van der Waals surface area contributed by atoms with Crippen molar-refractivity contribution in [3.05, 3.63) is 72.1 Å². The Morgan fingerprint density at radius 3 is 2.71 bits per heavy atom. The van der Waals surface area contributed by atoms with Crippen LogP contribution in [0.3, 0.4) is 0 Å². The molecule has 0 fully saturated rings. The van der Waals surface area contributed by atoms with Crippen LogP contribution >= 0.6 is 0 Å². The molecule has 0 radical (unpaired) electrons. The van der Waals surface area contributed by atoms with Gasteiger partial charge in [0.15, 0.2) is 0 Å². The highest BCUT2D eigenvalue weighted by molar-refractivity contribution is 5.85. The molecule has 3 heteroatoms. The lowest BCUT2D eigenvalue weighted by Gasteiger charge is -2.17. The van der Waals surface area contributed by atoms with Crippen LogP contribution < -0.4 is 4.74 Å². The fourth-order valence-corrected chi connectivity index (χ4v) is 2.55. The molecule has 0 aliphatic carbocycles. The number of pyridine rings is 1. The molecule has 0 aliphatic rings. The Morgan fingerprint density at radius 1 is 1.05 bits per heavy atom. The third kappa shape index (κ3) is 2.60. The Balaban J connectivity index is 2.11. The summed E-state index contributed by atoms with van der Waals surface area (Å²) in [6.45, 7) is 2.51. The molecule has 3 rings (SSSR count). The summed E-state index contributed by atoms with van der Waals surface area (Å²) in [4.78, 5) is 4.13. The van der Waals surface area contributed by atoms with Gasteiger partial charge < -0.3 is 9.84 Å². The van der Waals surface area contributed by atoms with Crippen molar-refractivity contribution in [1.82, 2.24) is 4.98 Å². The predicted molar refractivity (Wildman–Crippen MR) is 83.4 cm³/mol. The summed E-state index contributed by atoms with van der Waals surface area (Å²) < 4.78 is 5.62. The molecule has 0 aliphatic heterocycles. The Kier molecular flexibility index (Phi) is 3.84. The van der Waals surface area contributed by atoms with Crippen LogP contribution in [0, 0.1) is 0 Å². The van der Waals surface area contributed by atoms with Crippen molar-refractivity contribution in [3.63, 3.8) is 0 Å². The smallest absolute Gasteiger partial charge is 0.125 e. The standard InChI is InChI=1S/C18H17NO2/c1-2-21-17-9-4-3-7-16(17)18(20)15-8-5-6-13-12-19-11-10-14(13)15/h3-12,18,20H,2H2,1H3. The zero-order valence-electron chi connectivity index (χ0n) is 11.9. The number of aliphatic hydroxyl groups is 1. The molecule has 106 valence electrons. The van der Waals surface area contributed by atoms with Gasteiger partial charge >= 0.3 is 0 Å². The van der Waals surface area contributed by atoms with E-state index in [0.717, 1.165) is 27.6 Å². The Labute approximate surface area is 123 Å². The molecular formula is C18H17NO2. The Morgan fingerprint density at radius 2 is 1.86 bits per heavy atom. The average Bonchev–Trinajstić information content (AvgIpc) is 2.54. The van der Waals surface area contributed by atoms with Gasteiger partial charge in [0.2, 0.25) is 0 Å². The van der Waals surface area contributed by atoms with Gasteiger partial charge in [-0.3, -0.25) is 4.98 Å². The van der Waals surface area contributed by atoms with Crippen LogP contribution in [0.4, 0.5) is 0 Å². The molecule has 0 bridgehead atoms. The van der Waals surface area contributed by atoms with Gasteiger partial charge in [0.25, 0.3) is 0 Å². The Hall–Kier alpha value is -2.39. The second-order valence-corrected chi connectivity index (χ2v) is 4.82. The Bertz CT molecular complexity index is 750. The van der Waals surface area contributed by atoms with Crippen LogP contribution in [-0.4, -0.2) is 16.7 Å². The molecule has 1 aromatic heterocycles. The monoisotopic (exact) mass is 279 g/mol. The van der Waals surface area contributed by atoms with Crippen molar-refractivity contribution in [1.29, 1.82) is 0 Å². The number of nitrogens with zero attached hydrogens (tertiary/aromatic N) is 1. The molecule has 1 atom stereocenters. The van der Waals surface area contributed by atoms with E-state index in [1.54, 1.807) is 12.4 Å². The van der Waals surface area contributed by atoms with Crippen LogP contribution in [0.5, 0.6) is 5.75 Å². The molecule has 21 heavy (non-hydrogen) atoms. The van der Waals surface area contributed by atoms with E-state index in [2.05, 4.69) is 4.98 Å². The summed E-state index contributed by atoms with van der Waals surface area (Å²) in [6, 6.07) is 15.4. The summed E-state index contributed by atoms with van der Waals surface area (Å²) in [7, 11) is 0. The number of rotatable bonds is 4. The molecule has 1 unspecified atom stereocenters. The maximum absolute atomic E-state index is 10.8. The molecule has 1 heterocycles. The quantitative estimate of drug-likeness (QED) is 0.791. The number of benzene rings is 2. The number of aromatic nitrogens is 1. The second kappa shape index (κ2) is 5.94. The molecule has 0 saturated carbocycles. The van der Waals surface area contributed by atoms with Gasteiger partial charge in [-0.15, -0.1) is 0 Å². The van der Waals surface area contributed by atoms with Gasteiger partial charge in [0.05, 0.1) is 6.61 Å². The highest BCUT2D eigenvalue weighted by Gasteiger charge is 2.17. The molecule has 0 saturated heterocycles. The number of ether oxygens (including phenoxy) is 1. The van der Waals surface area contributed by atoms with Gasteiger partial charge in [-0.2, -0.15) is 0 Å². The summed E-state index contributed by atoms with van der Waals surface area (Å²) in [6.07, 6.45) is 2.83.